The first-order chi connectivity index (χ1) is 13.4. The number of aliphatic hydroxyl groups excluding tert-OH is 1. The van der Waals surface area contributed by atoms with E-state index in [0.717, 1.165) is 12.0 Å². The van der Waals surface area contributed by atoms with Crippen molar-refractivity contribution in [2.45, 2.75) is 38.8 Å². The van der Waals surface area contributed by atoms with E-state index >= 15 is 0 Å². The number of carbonyl (C=O) groups is 3. The SMILES string of the molecule is CC1NCC(NC(=O)CNC(=O)CC(CN)Cc2ccccc2)C1=O.CCO. The monoisotopic (exact) mass is 392 g/mol. The molecule has 1 saturated heterocycles. The van der Waals surface area contributed by atoms with E-state index in [9.17, 15) is 14.4 Å². The fourth-order valence-corrected chi connectivity index (χ4v) is 2.86. The van der Waals surface area contributed by atoms with Gasteiger partial charge in [-0.25, -0.2) is 0 Å². The number of aliphatic hydroxyl groups is 1. The van der Waals surface area contributed by atoms with E-state index in [2.05, 4.69) is 16.0 Å². The van der Waals surface area contributed by atoms with E-state index in [1.54, 1.807) is 13.8 Å². The number of benzene rings is 1. The quantitative estimate of drug-likeness (QED) is 0.399. The molecule has 8 heteroatoms. The van der Waals surface area contributed by atoms with Crippen LogP contribution in [-0.4, -0.2) is 61.0 Å². The second-order valence-corrected chi connectivity index (χ2v) is 6.74. The Hall–Kier alpha value is -2.29. The molecular formula is C20H32N4O4. The lowest BCUT2D eigenvalue weighted by atomic mass is 9.96. The average Bonchev–Trinajstić information content (AvgIpc) is 2.99. The fourth-order valence-electron chi connectivity index (χ4n) is 2.86. The number of nitrogens with two attached hydrogens (primary N) is 1. The highest BCUT2D eigenvalue weighted by atomic mass is 16.2. The molecular weight excluding hydrogens is 360 g/mol. The lowest BCUT2D eigenvalue weighted by Crippen LogP contribution is -2.46. The number of rotatable bonds is 8. The predicted molar refractivity (Wildman–Crippen MR) is 107 cm³/mol. The molecule has 6 N–H and O–H groups in total. The molecule has 1 aliphatic heterocycles. The van der Waals surface area contributed by atoms with Gasteiger partial charge in [-0.1, -0.05) is 30.3 Å². The molecule has 2 amide bonds. The molecule has 0 aromatic heterocycles. The summed E-state index contributed by atoms with van der Waals surface area (Å²) < 4.78 is 0. The maximum absolute atomic E-state index is 12.0. The maximum Gasteiger partial charge on any atom is 0.240 e. The van der Waals surface area contributed by atoms with E-state index in [1.807, 2.05) is 30.3 Å². The number of nitrogens with one attached hydrogen (secondary N) is 3. The van der Waals surface area contributed by atoms with Crippen molar-refractivity contribution in [2.75, 3.05) is 26.2 Å². The third-order valence-corrected chi connectivity index (χ3v) is 4.35. The smallest absolute Gasteiger partial charge is 0.240 e. The van der Waals surface area contributed by atoms with Gasteiger partial charge in [0.25, 0.3) is 0 Å². The molecule has 1 aromatic rings. The Balaban J connectivity index is 0.00000122. The zero-order chi connectivity index (χ0) is 20.9. The standard InChI is InChI=1S/C18H26N4O3.C2H6O/c1-12-18(25)15(10-20-12)22-17(24)11-21-16(23)8-14(9-19)7-13-5-3-2-4-6-13;1-2-3/h2-6,12,14-15,20H,7-11,19H2,1H3,(H,21,23)(H,22,24);3H,2H2,1H3. The Morgan fingerprint density at radius 3 is 2.46 bits per heavy atom. The molecule has 0 saturated carbocycles. The zero-order valence-corrected chi connectivity index (χ0v) is 16.6. The van der Waals surface area contributed by atoms with Gasteiger partial charge in [0.2, 0.25) is 11.8 Å². The van der Waals surface area contributed by atoms with Crippen molar-refractivity contribution in [3.8, 4) is 0 Å². The van der Waals surface area contributed by atoms with Gasteiger partial charge in [0.1, 0.15) is 6.04 Å². The number of Topliss-reactive ketones (excluding diaryl/α,β-unsaturated/α-hetero) is 1. The van der Waals surface area contributed by atoms with E-state index < -0.39 is 6.04 Å². The van der Waals surface area contributed by atoms with E-state index in [4.69, 9.17) is 10.8 Å². The number of ketones is 1. The second-order valence-electron chi connectivity index (χ2n) is 6.74. The molecule has 1 aliphatic rings. The van der Waals surface area contributed by atoms with Gasteiger partial charge in [-0.2, -0.15) is 0 Å². The highest BCUT2D eigenvalue weighted by molar-refractivity contribution is 5.95. The summed E-state index contributed by atoms with van der Waals surface area (Å²) in [5.41, 5.74) is 6.89. The molecule has 0 aliphatic carbocycles. The van der Waals surface area contributed by atoms with Gasteiger partial charge in [-0.05, 0) is 38.3 Å². The highest BCUT2D eigenvalue weighted by Crippen LogP contribution is 2.11. The molecule has 0 spiro atoms. The third kappa shape index (κ3) is 8.60. The second kappa shape index (κ2) is 13.0. The van der Waals surface area contributed by atoms with Crippen LogP contribution in [0.5, 0.6) is 0 Å². The molecule has 1 heterocycles. The van der Waals surface area contributed by atoms with Gasteiger partial charge in [-0.15, -0.1) is 0 Å². The topological polar surface area (TPSA) is 134 Å². The first-order valence-corrected chi connectivity index (χ1v) is 9.59. The van der Waals surface area contributed by atoms with Gasteiger partial charge in [0.05, 0.1) is 12.6 Å². The van der Waals surface area contributed by atoms with E-state index in [0.29, 0.717) is 13.1 Å². The molecule has 3 unspecified atom stereocenters. The van der Waals surface area contributed by atoms with Crippen molar-refractivity contribution in [2.24, 2.45) is 11.7 Å². The fraction of sp³-hybridized carbons (Fsp3) is 0.550. The summed E-state index contributed by atoms with van der Waals surface area (Å²) in [4.78, 5) is 35.7. The van der Waals surface area contributed by atoms with E-state index in [-0.39, 0.29) is 49.1 Å². The lowest BCUT2D eigenvalue weighted by Gasteiger charge is -2.15. The Labute approximate surface area is 166 Å². The van der Waals surface area contributed by atoms with Gasteiger partial charge in [0.15, 0.2) is 5.78 Å². The number of carbonyl (C=O) groups excluding carboxylic acids is 3. The molecule has 1 aromatic carbocycles. The van der Waals surface area contributed by atoms with Crippen molar-refractivity contribution in [1.29, 1.82) is 0 Å². The highest BCUT2D eigenvalue weighted by Gasteiger charge is 2.31. The van der Waals surface area contributed by atoms with Crippen molar-refractivity contribution in [3.05, 3.63) is 35.9 Å². The third-order valence-electron chi connectivity index (χ3n) is 4.35. The van der Waals surface area contributed by atoms with Crippen molar-refractivity contribution in [1.82, 2.24) is 16.0 Å². The Morgan fingerprint density at radius 2 is 1.93 bits per heavy atom. The summed E-state index contributed by atoms with van der Waals surface area (Å²) in [5.74, 6) is -0.599. The molecule has 0 bridgehead atoms. The van der Waals surface area contributed by atoms with Crippen LogP contribution in [0.15, 0.2) is 30.3 Å². The summed E-state index contributed by atoms with van der Waals surface area (Å²) in [6, 6.07) is 9.08. The Bertz CT molecular complexity index is 624. The van der Waals surface area contributed by atoms with Crippen LogP contribution < -0.4 is 21.7 Å². The van der Waals surface area contributed by atoms with Crippen LogP contribution in [0, 0.1) is 5.92 Å². The van der Waals surface area contributed by atoms with Crippen molar-refractivity contribution >= 4 is 17.6 Å². The number of amides is 2. The molecule has 2 rings (SSSR count). The molecule has 0 radical (unpaired) electrons. The zero-order valence-electron chi connectivity index (χ0n) is 16.6. The minimum Gasteiger partial charge on any atom is -0.397 e. The summed E-state index contributed by atoms with van der Waals surface area (Å²) in [6.45, 7) is 4.37. The van der Waals surface area contributed by atoms with Crippen LogP contribution in [0.3, 0.4) is 0 Å². The van der Waals surface area contributed by atoms with Gasteiger partial charge >= 0.3 is 0 Å². The van der Waals surface area contributed by atoms with Crippen LogP contribution in [0.2, 0.25) is 0 Å². The average molecular weight is 393 g/mol. The number of hydrogen-bond donors (Lipinski definition) is 5. The predicted octanol–water partition coefficient (Wildman–Crippen LogP) is -0.645. The molecule has 8 nitrogen and oxygen atoms in total. The van der Waals surface area contributed by atoms with Crippen molar-refractivity contribution < 1.29 is 19.5 Å². The molecule has 3 atom stereocenters. The number of hydrogen-bond acceptors (Lipinski definition) is 6. The van der Waals surface area contributed by atoms with Crippen LogP contribution in [0.25, 0.3) is 0 Å². The van der Waals surface area contributed by atoms with Gasteiger partial charge in [-0.3, -0.25) is 14.4 Å². The largest absolute Gasteiger partial charge is 0.397 e. The van der Waals surface area contributed by atoms with Crippen LogP contribution in [-0.2, 0) is 20.8 Å². The Morgan fingerprint density at radius 1 is 1.29 bits per heavy atom. The molecule has 28 heavy (non-hydrogen) atoms. The van der Waals surface area contributed by atoms with Gasteiger partial charge < -0.3 is 26.8 Å². The summed E-state index contributed by atoms with van der Waals surface area (Å²) in [5, 5.41) is 15.8. The first kappa shape index (κ1) is 23.7. The lowest BCUT2D eigenvalue weighted by molar-refractivity contribution is -0.128. The van der Waals surface area contributed by atoms with Crippen LogP contribution in [0.4, 0.5) is 0 Å². The normalized spacial score (nSPS) is 19.4. The summed E-state index contributed by atoms with van der Waals surface area (Å²) >= 11 is 0. The van der Waals surface area contributed by atoms with Crippen LogP contribution in [0.1, 0.15) is 25.8 Å². The first-order valence-electron chi connectivity index (χ1n) is 9.59. The van der Waals surface area contributed by atoms with E-state index in [1.165, 1.54) is 0 Å². The minimum atomic E-state index is -0.519. The summed E-state index contributed by atoms with van der Waals surface area (Å²) in [7, 11) is 0. The van der Waals surface area contributed by atoms with Crippen molar-refractivity contribution in [3.63, 3.8) is 0 Å². The minimum absolute atomic E-state index is 0.0203. The molecule has 156 valence electrons. The Kier molecular flexibility index (Phi) is 11.0. The summed E-state index contributed by atoms with van der Waals surface area (Å²) in [6.07, 6.45) is 0.983. The maximum atomic E-state index is 12.0. The van der Waals surface area contributed by atoms with Crippen LogP contribution >= 0.6 is 0 Å². The van der Waals surface area contributed by atoms with Gasteiger partial charge in [0, 0.05) is 19.6 Å². The molecule has 1 fully saturated rings.